The summed E-state index contributed by atoms with van der Waals surface area (Å²) in [6.45, 7) is 0. The molecule has 1 atom stereocenters. The van der Waals surface area contributed by atoms with Crippen LogP contribution in [0.15, 0.2) is 83.8 Å². The SMILES string of the molecule is O=S(=O)(F)c1ccc(C(CC(F)(F)F)c2c(-c3ccccc3)[nH]c3ccccc23)cc1. The lowest BCUT2D eigenvalue weighted by atomic mass is 9.85. The number of benzene rings is 3. The van der Waals surface area contributed by atoms with Gasteiger partial charge in [0.2, 0.25) is 0 Å². The molecule has 8 heteroatoms. The lowest BCUT2D eigenvalue weighted by Crippen LogP contribution is -2.15. The third kappa shape index (κ3) is 4.49. The third-order valence-electron chi connectivity index (χ3n) is 5.16. The minimum Gasteiger partial charge on any atom is -0.354 e. The van der Waals surface area contributed by atoms with Crippen LogP contribution in [0.1, 0.15) is 23.5 Å². The largest absolute Gasteiger partial charge is 0.390 e. The Balaban J connectivity index is 1.96. The van der Waals surface area contributed by atoms with E-state index in [-0.39, 0.29) is 5.56 Å². The molecule has 31 heavy (non-hydrogen) atoms. The first-order valence-electron chi connectivity index (χ1n) is 9.41. The number of halogens is 4. The first kappa shape index (κ1) is 21.1. The van der Waals surface area contributed by atoms with E-state index in [0.717, 1.165) is 17.7 Å². The Kier molecular flexibility index (Phi) is 5.35. The number of nitrogens with one attached hydrogen (secondary N) is 1. The molecule has 1 N–H and O–H groups in total. The molecule has 0 fully saturated rings. The Bertz CT molecular complexity index is 1310. The summed E-state index contributed by atoms with van der Waals surface area (Å²) in [5, 5.41) is 0.637. The number of aromatic amines is 1. The van der Waals surface area contributed by atoms with E-state index in [1.807, 2.05) is 6.07 Å². The molecule has 3 aromatic carbocycles. The number of aromatic nitrogens is 1. The fourth-order valence-corrected chi connectivity index (χ4v) is 4.30. The van der Waals surface area contributed by atoms with Crippen molar-refractivity contribution < 1.29 is 25.5 Å². The highest BCUT2D eigenvalue weighted by atomic mass is 32.3. The standard InChI is InChI=1S/C23H17F4NO2S/c24-23(25,26)14-19(15-10-12-17(13-11-15)31(27,29)30)21-18-8-4-5-9-20(18)28-22(21)16-6-2-1-3-7-16/h1-13,19,28H,14H2. The zero-order valence-corrected chi connectivity index (χ0v) is 16.8. The number of hydrogen-bond donors (Lipinski definition) is 1. The molecule has 3 nitrogen and oxygen atoms in total. The molecular weight excluding hydrogens is 430 g/mol. The Hall–Kier alpha value is -3.13. The van der Waals surface area contributed by atoms with Gasteiger partial charge in [-0.05, 0) is 34.9 Å². The molecule has 0 aliphatic heterocycles. The summed E-state index contributed by atoms with van der Waals surface area (Å²) in [6, 6.07) is 20.5. The van der Waals surface area contributed by atoms with E-state index in [2.05, 4.69) is 4.98 Å². The lowest BCUT2D eigenvalue weighted by Gasteiger charge is -2.21. The van der Waals surface area contributed by atoms with Gasteiger partial charge in [-0.1, -0.05) is 60.7 Å². The van der Waals surface area contributed by atoms with Crippen molar-refractivity contribution in [2.75, 3.05) is 0 Å². The molecule has 0 spiro atoms. The zero-order chi connectivity index (χ0) is 22.2. The van der Waals surface area contributed by atoms with Gasteiger partial charge in [-0.3, -0.25) is 0 Å². The van der Waals surface area contributed by atoms with Crippen LogP contribution in [0.4, 0.5) is 17.1 Å². The van der Waals surface area contributed by atoms with Crippen molar-refractivity contribution in [2.45, 2.75) is 23.4 Å². The van der Waals surface area contributed by atoms with Crippen molar-refractivity contribution in [3.05, 3.63) is 90.0 Å². The van der Waals surface area contributed by atoms with Crippen molar-refractivity contribution in [2.24, 2.45) is 0 Å². The normalized spacial score (nSPS) is 13.4. The topological polar surface area (TPSA) is 49.9 Å². The fraction of sp³-hybridized carbons (Fsp3) is 0.130. The van der Waals surface area contributed by atoms with Crippen LogP contribution in [0, 0.1) is 0 Å². The van der Waals surface area contributed by atoms with Gasteiger partial charge < -0.3 is 4.98 Å². The van der Waals surface area contributed by atoms with Gasteiger partial charge in [-0.2, -0.15) is 21.6 Å². The fourth-order valence-electron chi connectivity index (χ4n) is 3.84. The molecule has 160 valence electrons. The Labute approximate surface area is 176 Å². The van der Waals surface area contributed by atoms with Crippen molar-refractivity contribution in [3.8, 4) is 11.3 Å². The number of hydrogen-bond acceptors (Lipinski definition) is 2. The highest BCUT2D eigenvalue weighted by Gasteiger charge is 2.36. The molecule has 1 heterocycles. The molecule has 0 bridgehead atoms. The quantitative estimate of drug-likeness (QED) is 0.278. The van der Waals surface area contributed by atoms with Gasteiger partial charge in [0, 0.05) is 16.8 Å². The van der Waals surface area contributed by atoms with Crippen LogP contribution in [0.2, 0.25) is 0 Å². The van der Waals surface area contributed by atoms with E-state index in [0.29, 0.717) is 22.2 Å². The monoisotopic (exact) mass is 447 g/mol. The van der Waals surface area contributed by atoms with Gasteiger partial charge in [-0.25, -0.2) is 0 Å². The van der Waals surface area contributed by atoms with Gasteiger partial charge in [-0.15, -0.1) is 3.89 Å². The van der Waals surface area contributed by atoms with Gasteiger partial charge in [0.1, 0.15) is 0 Å². The number of fused-ring (bicyclic) bond motifs is 1. The molecule has 0 saturated heterocycles. The predicted octanol–water partition coefficient (Wildman–Crippen LogP) is 6.58. The number of rotatable bonds is 5. The van der Waals surface area contributed by atoms with Crippen LogP contribution in [-0.4, -0.2) is 19.6 Å². The first-order chi connectivity index (χ1) is 14.6. The second-order valence-corrected chi connectivity index (χ2v) is 8.55. The summed E-state index contributed by atoms with van der Waals surface area (Å²) in [5.74, 6) is -1.12. The molecular formula is C23H17F4NO2S. The second-order valence-electron chi connectivity index (χ2n) is 7.20. The molecule has 0 radical (unpaired) electrons. The minimum absolute atomic E-state index is 0.242. The summed E-state index contributed by atoms with van der Waals surface area (Å²) >= 11 is 0. The second kappa shape index (κ2) is 7.85. The van der Waals surface area contributed by atoms with E-state index >= 15 is 0 Å². The summed E-state index contributed by atoms with van der Waals surface area (Å²) < 4.78 is 76.4. The molecule has 1 unspecified atom stereocenters. The molecule has 4 aromatic rings. The van der Waals surface area contributed by atoms with Crippen LogP contribution >= 0.6 is 0 Å². The smallest absolute Gasteiger partial charge is 0.354 e. The van der Waals surface area contributed by atoms with Gasteiger partial charge in [0.05, 0.1) is 17.0 Å². The number of H-pyrrole nitrogens is 1. The summed E-state index contributed by atoms with van der Waals surface area (Å²) in [5.41, 5.74) is 2.66. The van der Waals surface area contributed by atoms with Crippen LogP contribution < -0.4 is 0 Å². The van der Waals surface area contributed by atoms with Crippen LogP contribution in [0.5, 0.6) is 0 Å². The zero-order valence-electron chi connectivity index (χ0n) is 16.0. The molecule has 0 aliphatic carbocycles. The van der Waals surface area contributed by atoms with E-state index in [1.54, 1.807) is 48.5 Å². The van der Waals surface area contributed by atoms with E-state index in [9.17, 15) is 25.5 Å². The first-order valence-corrected chi connectivity index (χ1v) is 10.8. The molecule has 1 aromatic heterocycles. The van der Waals surface area contributed by atoms with Gasteiger partial charge >= 0.3 is 16.4 Å². The third-order valence-corrected chi connectivity index (χ3v) is 5.99. The maximum atomic E-state index is 13.6. The highest BCUT2D eigenvalue weighted by molar-refractivity contribution is 7.86. The van der Waals surface area contributed by atoms with Gasteiger partial charge in [0.25, 0.3) is 0 Å². The summed E-state index contributed by atoms with van der Waals surface area (Å²) in [7, 11) is -4.95. The van der Waals surface area contributed by atoms with Gasteiger partial charge in [0.15, 0.2) is 0 Å². The Morgan fingerprint density at radius 1 is 0.839 bits per heavy atom. The Morgan fingerprint density at radius 2 is 1.45 bits per heavy atom. The van der Waals surface area contributed by atoms with Crippen LogP contribution in [-0.2, 0) is 10.2 Å². The lowest BCUT2D eigenvalue weighted by molar-refractivity contribution is -0.136. The molecule has 0 amide bonds. The van der Waals surface area contributed by atoms with Crippen molar-refractivity contribution in [1.82, 2.24) is 4.98 Å². The molecule has 4 rings (SSSR count). The maximum absolute atomic E-state index is 13.6. The van der Waals surface area contributed by atoms with Crippen molar-refractivity contribution in [3.63, 3.8) is 0 Å². The highest BCUT2D eigenvalue weighted by Crippen LogP contribution is 2.44. The summed E-state index contributed by atoms with van der Waals surface area (Å²) in [4.78, 5) is 2.64. The van der Waals surface area contributed by atoms with E-state index < -0.39 is 33.6 Å². The van der Waals surface area contributed by atoms with Crippen LogP contribution in [0.3, 0.4) is 0 Å². The average molecular weight is 447 g/mol. The molecule has 0 aliphatic rings. The van der Waals surface area contributed by atoms with E-state index in [1.165, 1.54) is 12.1 Å². The maximum Gasteiger partial charge on any atom is 0.390 e. The number of alkyl halides is 3. The average Bonchev–Trinajstić information content (AvgIpc) is 3.11. The van der Waals surface area contributed by atoms with E-state index in [4.69, 9.17) is 0 Å². The number of para-hydroxylation sites is 1. The minimum atomic E-state index is -4.95. The predicted molar refractivity (Wildman–Crippen MR) is 111 cm³/mol. The van der Waals surface area contributed by atoms with Crippen molar-refractivity contribution in [1.29, 1.82) is 0 Å². The summed E-state index contributed by atoms with van der Waals surface area (Å²) in [6.07, 6.45) is -5.64. The molecule has 0 saturated carbocycles. The van der Waals surface area contributed by atoms with Crippen LogP contribution in [0.25, 0.3) is 22.2 Å². The van der Waals surface area contributed by atoms with Crippen molar-refractivity contribution >= 4 is 21.1 Å². The Morgan fingerprint density at radius 3 is 2.06 bits per heavy atom.